The van der Waals surface area contributed by atoms with E-state index in [2.05, 4.69) is 29.7 Å². The number of para-hydroxylation sites is 1. The van der Waals surface area contributed by atoms with Gasteiger partial charge < -0.3 is 15.5 Å². The molecule has 28 heavy (non-hydrogen) atoms. The Labute approximate surface area is 166 Å². The minimum Gasteiger partial charge on any atom is -0.339 e. The van der Waals surface area contributed by atoms with E-state index >= 15 is 0 Å². The highest BCUT2D eigenvalue weighted by molar-refractivity contribution is 6.04. The summed E-state index contributed by atoms with van der Waals surface area (Å²) in [4.78, 5) is 27.5. The van der Waals surface area contributed by atoms with Gasteiger partial charge in [-0.25, -0.2) is 4.79 Å². The Bertz CT molecular complexity index is 902. The molecular weight excluding hydrogens is 350 g/mol. The Hall–Kier alpha value is -2.82. The molecule has 2 atom stereocenters. The van der Waals surface area contributed by atoms with Gasteiger partial charge in [0.1, 0.15) is 0 Å². The van der Waals surface area contributed by atoms with E-state index in [1.807, 2.05) is 36.1 Å². The minimum absolute atomic E-state index is 0.00172. The lowest BCUT2D eigenvalue weighted by atomic mass is 10.0. The van der Waals surface area contributed by atoms with Crippen LogP contribution in [0, 0.1) is 6.92 Å². The van der Waals surface area contributed by atoms with Crippen LogP contribution < -0.4 is 10.6 Å². The lowest BCUT2D eigenvalue weighted by molar-refractivity contribution is 0.0794. The first-order chi connectivity index (χ1) is 13.5. The minimum atomic E-state index is -0.255. The first-order valence-electron chi connectivity index (χ1n) is 10.1. The van der Waals surface area contributed by atoms with Crippen LogP contribution >= 0.6 is 0 Å². The van der Waals surface area contributed by atoms with E-state index in [0.717, 1.165) is 37.9 Å². The van der Waals surface area contributed by atoms with Crippen molar-refractivity contribution in [2.24, 2.45) is 0 Å². The van der Waals surface area contributed by atoms with Crippen LogP contribution in [0.5, 0.6) is 0 Å². The summed E-state index contributed by atoms with van der Waals surface area (Å²) in [6.45, 7) is 5.64. The molecule has 2 aliphatic rings. The quantitative estimate of drug-likeness (QED) is 0.847. The highest BCUT2D eigenvalue weighted by Crippen LogP contribution is 2.33. The van der Waals surface area contributed by atoms with Crippen LogP contribution in [0.3, 0.4) is 0 Å². The molecule has 2 aromatic rings. The molecule has 0 radical (unpaired) electrons. The van der Waals surface area contributed by atoms with E-state index in [9.17, 15) is 9.59 Å². The average Bonchev–Trinajstić information content (AvgIpc) is 3.32. The number of aryl methyl sites for hydroxylation is 1. The summed E-state index contributed by atoms with van der Waals surface area (Å²) in [5.41, 5.74) is 4.66. The molecule has 1 fully saturated rings. The van der Waals surface area contributed by atoms with E-state index in [1.54, 1.807) is 6.07 Å². The number of nitrogens with one attached hydrogen (secondary N) is 2. The SMILES string of the molecule is Cc1cccc(C(=O)N2CCCC2)c1NC(=O)N[C@@H]1Cc2ccccc2[C@@H]1C. The maximum atomic E-state index is 12.9. The maximum Gasteiger partial charge on any atom is 0.319 e. The van der Waals surface area contributed by atoms with E-state index in [0.29, 0.717) is 11.3 Å². The molecule has 5 heteroatoms. The van der Waals surface area contributed by atoms with Gasteiger partial charge in [0.2, 0.25) is 0 Å². The second kappa shape index (κ2) is 7.66. The zero-order valence-corrected chi connectivity index (χ0v) is 16.5. The van der Waals surface area contributed by atoms with Gasteiger partial charge in [-0.15, -0.1) is 0 Å². The summed E-state index contributed by atoms with van der Waals surface area (Å²) < 4.78 is 0. The first-order valence-corrected chi connectivity index (χ1v) is 10.1. The van der Waals surface area contributed by atoms with Crippen LogP contribution in [0.2, 0.25) is 0 Å². The van der Waals surface area contributed by atoms with Crippen molar-refractivity contribution in [1.82, 2.24) is 10.2 Å². The molecule has 0 unspecified atom stereocenters. The molecule has 1 saturated heterocycles. The largest absolute Gasteiger partial charge is 0.339 e. The smallest absolute Gasteiger partial charge is 0.319 e. The number of anilines is 1. The first kappa shape index (κ1) is 18.5. The summed E-state index contributed by atoms with van der Waals surface area (Å²) >= 11 is 0. The molecule has 1 aliphatic carbocycles. The van der Waals surface area contributed by atoms with Gasteiger partial charge in [-0.3, -0.25) is 4.79 Å². The molecule has 146 valence electrons. The summed E-state index contributed by atoms with van der Waals surface area (Å²) in [6, 6.07) is 13.7. The fourth-order valence-electron chi connectivity index (χ4n) is 4.39. The van der Waals surface area contributed by atoms with Crippen LogP contribution in [0.15, 0.2) is 42.5 Å². The van der Waals surface area contributed by atoms with Crippen molar-refractivity contribution in [3.8, 4) is 0 Å². The van der Waals surface area contributed by atoms with E-state index < -0.39 is 0 Å². The number of fused-ring (bicyclic) bond motifs is 1. The molecule has 0 bridgehead atoms. The third kappa shape index (κ3) is 3.49. The van der Waals surface area contributed by atoms with Crippen molar-refractivity contribution in [3.05, 3.63) is 64.7 Å². The number of likely N-dealkylation sites (tertiary alicyclic amines) is 1. The van der Waals surface area contributed by atoms with Gasteiger partial charge in [0, 0.05) is 25.0 Å². The summed E-state index contributed by atoms with van der Waals surface area (Å²) in [6.07, 6.45) is 2.92. The van der Waals surface area contributed by atoms with Gasteiger partial charge in [0.05, 0.1) is 11.3 Å². The van der Waals surface area contributed by atoms with Crippen molar-refractivity contribution < 1.29 is 9.59 Å². The van der Waals surface area contributed by atoms with Crippen molar-refractivity contribution in [3.63, 3.8) is 0 Å². The lowest BCUT2D eigenvalue weighted by Gasteiger charge is -2.21. The van der Waals surface area contributed by atoms with E-state index in [-0.39, 0.29) is 23.9 Å². The number of benzene rings is 2. The maximum absolute atomic E-state index is 12.9. The summed E-state index contributed by atoms with van der Waals surface area (Å²) in [7, 11) is 0. The second-order valence-corrected chi connectivity index (χ2v) is 7.89. The van der Waals surface area contributed by atoms with Gasteiger partial charge in [0.15, 0.2) is 0 Å². The summed E-state index contributed by atoms with van der Waals surface area (Å²) in [5, 5.41) is 6.07. The van der Waals surface area contributed by atoms with Crippen LogP contribution in [0.1, 0.15) is 52.7 Å². The second-order valence-electron chi connectivity index (χ2n) is 7.89. The molecule has 5 nitrogen and oxygen atoms in total. The molecule has 1 heterocycles. The molecule has 4 rings (SSSR count). The molecular formula is C23H27N3O2. The monoisotopic (exact) mass is 377 g/mol. The highest BCUT2D eigenvalue weighted by atomic mass is 16.2. The molecule has 2 N–H and O–H groups in total. The Morgan fingerprint density at radius 1 is 1.04 bits per heavy atom. The third-order valence-electron chi connectivity index (χ3n) is 6.04. The Morgan fingerprint density at radius 2 is 1.79 bits per heavy atom. The van der Waals surface area contributed by atoms with Crippen LogP contribution in [-0.4, -0.2) is 36.0 Å². The molecule has 0 spiro atoms. The Kier molecular flexibility index (Phi) is 5.07. The standard InChI is InChI=1S/C23H27N3O2/c1-15-8-7-11-19(22(27)26-12-5-6-13-26)21(15)25-23(28)24-20-14-17-9-3-4-10-18(17)16(20)2/h3-4,7-11,16,20H,5-6,12-14H2,1-2H3,(H2,24,25,28)/t16-,20+/m0/s1. The number of rotatable bonds is 3. The average molecular weight is 377 g/mol. The van der Waals surface area contributed by atoms with Gasteiger partial charge in [-0.1, -0.05) is 43.3 Å². The van der Waals surface area contributed by atoms with Crippen LogP contribution in [0.25, 0.3) is 0 Å². The van der Waals surface area contributed by atoms with Crippen molar-refractivity contribution in [2.75, 3.05) is 18.4 Å². The van der Waals surface area contributed by atoms with Gasteiger partial charge >= 0.3 is 6.03 Å². The number of nitrogens with zero attached hydrogens (tertiary/aromatic N) is 1. The number of hydrogen-bond donors (Lipinski definition) is 2. The number of carbonyl (C=O) groups is 2. The van der Waals surface area contributed by atoms with Crippen LogP contribution in [-0.2, 0) is 6.42 Å². The zero-order valence-electron chi connectivity index (χ0n) is 16.5. The third-order valence-corrected chi connectivity index (χ3v) is 6.04. The van der Waals surface area contributed by atoms with Gasteiger partial charge in [0.25, 0.3) is 5.91 Å². The lowest BCUT2D eigenvalue weighted by Crippen LogP contribution is -2.40. The fraction of sp³-hybridized carbons (Fsp3) is 0.391. The molecule has 0 aromatic heterocycles. The van der Waals surface area contributed by atoms with Crippen molar-refractivity contribution >= 4 is 17.6 Å². The number of hydrogen-bond acceptors (Lipinski definition) is 2. The van der Waals surface area contributed by atoms with E-state index in [4.69, 9.17) is 0 Å². The fourth-order valence-corrected chi connectivity index (χ4v) is 4.39. The Morgan fingerprint density at radius 3 is 2.54 bits per heavy atom. The highest BCUT2D eigenvalue weighted by Gasteiger charge is 2.30. The van der Waals surface area contributed by atoms with Crippen molar-refractivity contribution in [2.45, 2.75) is 45.1 Å². The normalized spacial score (nSPS) is 20.7. The Balaban J connectivity index is 1.49. The molecule has 1 aliphatic heterocycles. The van der Waals surface area contributed by atoms with Crippen molar-refractivity contribution in [1.29, 1.82) is 0 Å². The molecule has 2 aromatic carbocycles. The molecule has 3 amide bonds. The number of urea groups is 1. The number of carbonyl (C=O) groups excluding carboxylic acids is 2. The van der Waals surface area contributed by atoms with E-state index in [1.165, 1.54) is 11.1 Å². The predicted octanol–water partition coefficient (Wildman–Crippen LogP) is 4.08. The topological polar surface area (TPSA) is 61.4 Å². The predicted molar refractivity (Wildman–Crippen MR) is 111 cm³/mol. The molecule has 0 saturated carbocycles. The van der Waals surface area contributed by atoms with Crippen LogP contribution in [0.4, 0.5) is 10.5 Å². The summed E-state index contributed by atoms with van der Waals surface area (Å²) in [5.74, 6) is 0.266. The van der Waals surface area contributed by atoms with Gasteiger partial charge in [-0.05, 0) is 48.9 Å². The van der Waals surface area contributed by atoms with Gasteiger partial charge in [-0.2, -0.15) is 0 Å². The number of amides is 3. The zero-order chi connectivity index (χ0) is 19.7.